The van der Waals surface area contributed by atoms with Gasteiger partial charge in [-0.1, -0.05) is 11.8 Å². The first-order valence-electron chi connectivity index (χ1n) is 10.4. The summed E-state index contributed by atoms with van der Waals surface area (Å²) in [5.74, 6) is 4.08. The molecule has 35 heavy (non-hydrogen) atoms. The third kappa shape index (κ3) is 5.22. The summed E-state index contributed by atoms with van der Waals surface area (Å²) in [5.41, 5.74) is 1.84. The maximum absolute atomic E-state index is 14.1. The molecule has 4 rings (SSSR count). The van der Waals surface area contributed by atoms with Crippen LogP contribution in [0.3, 0.4) is 0 Å². The van der Waals surface area contributed by atoms with Crippen LogP contribution in [-0.4, -0.2) is 35.1 Å². The minimum atomic E-state index is -4.41. The van der Waals surface area contributed by atoms with E-state index in [0.717, 1.165) is 12.1 Å². The lowest BCUT2D eigenvalue weighted by atomic mass is 9.98. The van der Waals surface area contributed by atoms with Gasteiger partial charge in [-0.15, -0.1) is 0 Å². The minimum absolute atomic E-state index is 0.0398. The molecule has 0 aliphatic carbocycles. The van der Waals surface area contributed by atoms with E-state index in [4.69, 9.17) is 4.74 Å². The Labute approximate surface area is 201 Å². The number of hydrogen-bond acceptors (Lipinski definition) is 6. The molecule has 11 heteroatoms. The molecule has 0 saturated heterocycles. The van der Waals surface area contributed by atoms with Crippen molar-refractivity contribution in [3.05, 3.63) is 66.1 Å². The van der Waals surface area contributed by atoms with Gasteiger partial charge in [0.1, 0.15) is 22.2 Å². The number of rotatable bonds is 5. The molecule has 1 N–H and O–H groups in total. The van der Waals surface area contributed by atoms with Gasteiger partial charge in [-0.2, -0.15) is 5.10 Å². The van der Waals surface area contributed by atoms with Crippen molar-refractivity contribution in [1.29, 1.82) is 0 Å². The normalized spacial score (nSPS) is 11.7. The average molecular weight is 498 g/mol. The van der Waals surface area contributed by atoms with E-state index in [1.165, 1.54) is 19.4 Å². The molecular formula is C24H21F2N5O3S. The van der Waals surface area contributed by atoms with Gasteiger partial charge in [0.2, 0.25) is 5.88 Å². The standard InChI is InChI=1S/C24H21F2N5O3S/c1-24(2,3)9-7-15-14-28-31-10-8-19(29-22(15)31)16-11-20(23(34-4)27-13-16)30-35(32,33)21-6-5-17(25)12-18(21)26/h5-6,8,10-14,30H,1-4H3. The molecule has 0 fully saturated rings. The molecule has 180 valence electrons. The van der Waals surface area contributed by atoms with Crippen LogP contribution in [-0.2, 0) is 10.0 Å². The van der Waals surface area contributed by atoms with Crippen LogP contribution in [0, 0.1) is 28.9 Å². The maximum Gasteiger partial charge on any atom is 0.264 e. The molecule has 0 spiro atoms. The number of methoxy groups -OCH3 is 1. The van der Waals surface area contributed by atoms with Crippen LogP contribution in [0.4, 0.5) is 14.5 Å². The van der Waals surface area contributed by atoms with Crippen LogP contribution in [0.15, 0.2) is 53.8 Å². The van der Waals surface area contributed by atoms with Crippen molar-refractivity contribution < 1.29 is 21.9 Å². The fourth-order valence-electron chi connectivity index (χ4n) is 3.09. The van der Waals surface area contributed by atoms with E-state index in [1.807, 2.05) is 20.8 Å². The maximum atomic E-state index is 14.1. The number of anilines is 1. The van der Waals surface area contributed by atoms with E-state index in [-0.39, 0.29) is 17.0 Å². The molecule has 0 aliphatic heterocycles. The molecule has 0 atom stereocenters. The Morgan fingerprint density at radius 1 is 1.11 bits per heavy atom. The highest BCUT2D eigenvalue weighted by Crippen LogP contribution is 2.30. The first kappa shape index (κ1) is 24.1. The van der Waals surface area contributed by atoms with Crippen molar-refractivity contribution in [3.8, 4) is 29.0 Å². The van der Waals surface area contributed by atoms with Crippen molar-refractivity contribution in [3.63, 3.8) is 0 Å². The lowest BCUT2D eigenvalue weighted by molar-refractivity contribution is 0.400. The lowest BCUT2D eigenvalue weighted by Gasteiger charge is -2.13. The first-order chi connectivity index (χ1) is 16.5. The fraction of sp³-hybridized carbons (Fsp3) is 0.208. The highest BCUT2D eigenvalue weighted by atomic mass is 32.2. The molecule has 0 unspecified atom stereocenters. The quantitative estimate of drug-likeness (QED) is 0.414. The summed E-state index contributed by atoms with van der Waals surface area (Å²) < 4.78 is 61.9. The number of ether oxygens (including phenoxy) is 1. The zero-order valence-corrected chi connectivity index (χ0v) is 20.1. The molecule has 0 aliphatic rings. The molecule has 0 saturated carbocycles. The van der Waals surface area contributed by atoms with E-state index in [9.17, 15) is 17.2 Å². The molecule has 0 amide bonds. The van der Waals surface area contributed by atoms with E-state index >= 15 is 0 Å². The Balaban J connectivity index is 1.75. The number of nitrogens with zero attached hydrogens (tertiary/aromatic N) is 4. The van der Waals surface area contributed by atoms with Crippen molar-refractivity contribution in [2.45, 2.75) is 25.7 Å². The van der Waals surface area contributed by atoms with Gasteiger partial charge in [-0.05, 0) is 45.0 Å². The molecule has 0 bridgehead atoms. The van der Waals surface area contributed by atoms with Gasteiger partial charge in [0.25, 0.3) is 10.0 Å². The lowest BCUT2D eigenvalue weighted by Crippen LogP contribution is -2.16. The van der Waals surface area contributed by atoms with Crippen LogP contribution in [0.1, 0.15) is 26.3 Å². The predicted molar refractivity (Wildman–Crippen MR) is 126 cm³/mol. The van der Waals surface area contributed by atoms with Crippen molar-refractivity contribution in [2.24, 2.45) is 5.41 Å². The van der Waals surface area contributed by atoms with Crippen LogP contribution >= 0.6 is 0 Å². The van der Waals surface area contributed by atoms with Gasteiger partial charge in [0.05, 0.1) is 24.6 Å². The van der Waals surface area contributed by atoms with Crippen molar-refractivity contribution in [2.75, 3.05) is 11.8 Å². The Morgan fingerprint density at radius 3 is 2.57 bits per heavy atom. The monoisotopic (exact) mass is 497 g/mol. The number of benzene rings is 1. The van der Waals surface area contributed by atoms with E-state index < -0.39 is 26.6 Å². The summed E-state index contributed by atoms with van der Waals surface area (Å²) >= 11 is 0. The third-order valence-electron chi connectivity index (χ3n) is 4.71. The number of pyridine rings is 1. The van der Waals surface area contributed by atoms with Gasteiger partial charge >= 0.3 is 0 Å². The Bertz CT molecular complexity index is 1600. The summed E-state index contributed by atoms with van der Waals surface area (Å²) in [6.45, 7) is 5.98. The van der Waals surface area contributed by atoms with Crippen molar-refractivity contribution in [1.82, 2.24) is 19.6 Å². The molecule has 4 aromatic rings. The minimum Gasteiger partial charge on any atom is -0.480 e. The second kappa shape index (κ2) is 8.96. The molecule has 3 aromatic heterocycles. The summed E-state index contributed by atoms with van der Waals surface area (Å²) in [5, 5.41) is 4.26. The molecule has 0 radical (unpaired) electrons. The number of aromatic nitrogens is 4. The summed E-state index contributed by atoms with van der Waals surface area (Å²) in [7, 11) is -3.10. The SMILES string of the molecule is COc1ncc(-c2ccn3ncc(C#CC(C)(C)C)c3n2)cc1NS(=O)(=O)c1ccc(F)cc1F. The fourth-order valence-corrected chi connectivity index (χ4v) is 4.20. The highest BCUT2D eigenvalue weighted by Gasteiger charge is 2.22. The zero-order chi connectivity index (χ0) is 25.4. The number of nitrogens with one attached hydrogen (secondary N) is 1. The van der Waals surface area contributed by atoms with Gasteiger partial charge in [-0.25, -0.2) is 31.7 Å². The average Bonchev–Trinajstić information content (AvgIpc) is 3.19. The van der Waals surface area contributed by atoms with Crippen LogP contribution in [0.25, 0.3) is 16.9 Å². The van der Waals surface area contributed by atoms with E-state index in [2.05, 4.69) is 31.6 Å². The Hall–Kier alpha value is -4.04. The van der Waals surface area contributed by atoms with Gasteiger partial charge in [0.15, 0.2) is 5.65 Å². The largest absolute Gasteiger partial charge is 0.480 e. The summed E-state index contributed by atoms with van der Waals surface area (Å²) in [6.07, 6.45) is 4.78. The van der Waals surface area contributed by atoms with Gasteiger partial charge in [0, 0.05) is 29.4 Å². The second-order valence-electron chi connectivity index (χ2n) is 8.60. The van der Waals surface area contributed by atoms with E-state index in [1.54, 1.807) is 23.0 Å². The van der Waals surface area contributed by atoms with E-state index in [0.29, 0.717) is 28.5 Å². The van der Waals surface area contributed by atoms with Crippen molar-refractivity contribution >= 4 is 21.4 Å². The molecule has 1 aromatic carbocycles. The molecular weight excluding hydrogens is 476 g/mol. The number of halogens is 2. The summed E-state index contributed by atoms with van der Waals surface area (Å²) in [6, 6.07) is 5.33. The smallest absolute Gasteiger partial charge is 0.264 e. The number of hydrogen-bond donors (Lipinski definition) is 1. The highest BCUT2D eigenvalue weighted by molar-refractivity contribution is 7.92. The zero-order valence-electron chi connectivity index (χ0n) is 19.3. The predicted octanol–water partition coefficient (Wildman–Crippen LogP) is 4.28. The Kier molecular flexibility index (Phi) is 6.17. The molecule has 3 heterocycles. The molecule has 8 nitrogen and oxygen atoms in total. The van der Waals surface area contributed by atoms with Gasteiger partial charge in [-0.3, -0.25) is 4.72 Å². The van der Waals surface area contributed by atoms with Crippen LogP contribution < -0.4 is 9.46 Å². The van der Waals surface area contributed by atoms with Crippen LogP contribution in [0.2, 0.25) is 0 Å². The van der Waals surface area contributed by atoms with Crippen LogP contribution in [0.5, 0.6) is 5.88 Å². The van der Waals surface area contributed by atoms with Gasteiger partial charge < -0.3 is 4.74 Å². The number of fused-ring (bicyclic) bond motifs is 1. The third-order valence-corrected chi connectivity index (χ3v) is 6.11. The topological polar surface area (TPSA) is 98.5 Å². The summed E-state index contributed by atoms with van der Waals surface area (Å²) in [4.78, 5) is 8.06. The number of sulfonamides is 1. The first-order valence-corrected chi connectivity index (χ1v) is 11.8. The Morgan fingerprint density at radius 2 is 1.89 bits per heavy atom. The second-order valence-corrected chi connectivity index (χ2v) is 10.3.